The first-order chi connectivity index (χ1) is 14.8. The number of hydrogen-bond acceptors (Lipinski definition) is 4. The van der Waals surface area contributed by atoms with Crippen molar-refractivity contribution in [1.82, 2.24) is 0 Å². The number of rotatable bonds is 4. The highest BCUT2D eigenvalue weighted by Crippen LogP contribution is 2.42. The Morgan fingerprint density at radius 2 is 1.61 bits per heavy atom. The Hall–Kier alpha value is -3.32. The molecule has 0 aliphatic heterocycles. The lowest BCUT2D eigenvalue weighted by Gasteiger charge is -2.34. The molecule has 0 N–H and O–H groups in total. The second-order valence-electron chi connectivity index (χ2n) is 8.11. The van der Waals surface area contributed by atoms with Gasteiger partial charge in [0, 0.05) is 17.2 Å². The highest BCUT2D eigenvalue weighted by Gasteiger charge is 2.30. The van der Waals surface area contributed by atoms with Crippen molar-refractivity contribution in [2.45, 2.75) is 46.0 Å². The van der Waals surface area contributed by atoms with Gasteiger partial charge >= 0.3 is 11.9 Å². The highest BCUT2D eigenvalue weighted by atomic mass is 16.5. The van der Waals surface area contributed by atoms with Crippen molar-refractivity contribution in [2.75, 3.05) is 13.2 Å². The summed E-state index contributed by atoms with van der Waals surface area (Å²) in [6.07, 6.45) is 3.41. The first-order valence-corrected chi connectivity index (χ1v) is 10.7. The van der Waals surface area contributed by atoms with Crippen LogP contribution in [0.15, 0.2) is 48.5 Å². The number of allylic oxidation sites excluding steroid dienone is 1. The molecular formula is C27H28O4. The van der Waals surface area contributed by atoms with Crippen LogP contribution in [0.5, 0.6) is 0 Å². The van der Waals surface area contributed by atoms with Gasteiger partial charge in [0.05, 0.1) is 18.8 Å². The van der Waals surface area contributed by atoms with E-state index in [1.807, 2.05) is 18.2 Å². The fourth-order valence-corrected chi connectivity index (χ4v) is 3.72. The summed E-state index contributed by atoms with van der Waals surface area (Å²) >= 11 is 0. The minimum absolute atomic E-state index is 0.0379. The normalized spacial score (nSPS) is 15.4. The number of ether oxygens (including phenoxy) is 2. The van der Waals surface area contributed by atoms with Crippen LogP contribution in [0.2, 0.25) is 0 Å². The molecule has 1 aliphatic rings. The summed E-state index contributed by atoms with van der Waals surface area (Å²) in [5.41, 5.74) is 5.52. The second kappa shape index (κ2) is 9.66. The molecule has 0 aromatic heterocycles. The molecule has 3 rings (SSSR count). The predicted molar refractivity (Wildman–Crippen MR) is 122 cm³/mol. The molecule has 0 heterocycles. The Balaban J connectivity index is 1.90. The average molecular weight is 417 g/mol. The van der Waals surface area contributed by atoms with Crippen LogP contribution in [0.3, 0.4) is 0 Å². The van der Waals surface area contributed by atoms with Crippen molar-refractivity contribution in [3.8, 4) is 11.8 Å². The van der Waals surface area contributed by atoms with Gasteiger partial charge in [-0.1, -0.05) is 31.8 Å². The highest BCUT2D eigenvalue weighted by molar-refractivity contribution is 5.92. The van der Waals surface area contributed by atoms with E-state index in [2.05, 4.69) is 37.8 Å². The standard InChI is InChI=1S/C27H28O4/c1-5-30-25(28)18-22-15-16-27(3,4)24-14-11-20(17-23(22)24)8-7-19-9-12-21(13-10-19)26(29)31-6-2/h9-14,17-18H,5-6,15-16H2,1-4H3/b22-18-. The summed E-state index contributed by atoms with van der Waals surface area (Å²) in [6.45, 7) is 8.75. The number of carbonyl (C=O) groups excluding carboxylic acids is 2. The second-order valence-corrected chi connectivity index (χ2v) is 8.11. The Bertz CT molecular complexity index is 1060. The van der Waals surface area contributed by atoms with Crippen molar-refractivity contribution in [3.63, 3.8) is 0 Å². The van der Waals surface area contributed by atoms with Crippen LogP contribution in [0.1, 0.15) is 73.1 Å². The molecule has 4 heteroatoms. The minimum atomic E-state index is -0.333. The fraction of sp³-hybridized carbons (Fsp3) is 0.333. The molecule has 0 unspecified atom stereocenters. The summed E-state index contributed by atoms with van der Waals surface area (Å²) < 4.78 is 10.1. The third-order valence-electron chi connectivity index (χ3n) is 5.44. The van der Waals surface area contributed by atoms with Gasteiger partial charge in [0.2, 0.25) is 0 Å². The van der Waals surface area contributed by atoms with Crippen LogP contribution < -0.4 is 0 Å². The van der Waals surface area contributed by atoms with Crippen molar-refractivity contribution >= 4 is 17.5 Å². The van der Waals surface area contributed by atoms with E-state index in [0.717, 1.165) is 35.1 Å². The van der Waals surface area contributed by atoms with Gasteiger partial charge in [-0.25, -0.2) is 9.59 Å². The van der Waals surface area contributed by atoms with Crippen molar-refractivity contribution in [2.24, 2.45) is 0 Å². The third-order valence-corrected chi connectivity index (χ3v) is 5.44. The summed E-state index contributed by atoms with van der Waals surface area (Å²) in [7, 11) is 0. The molecule has 0 spiro atoms. The average Bonchev–Trinajstić information content (AvgIpc) is 2.75. The molecule has 0 saturated carbocycles. The summed E-state index contributed by atoms with van der Waals surface area (Å²) in [5, 5.41) is 0. The first-order valence-electron chi connectivity index (χ1n) is 10.7. The van der Waals surface area contributed by atoms with E-state index in [1.165, 1.54) is 5.56 Å². The van der Waals surface area contributed by atoms with Crippen LogP contribution in [0.4, 0.5) is 0 Å². The zero-order chi connectivity index (χ0) is 22.4. The lowest BCUT2D eigenvalue weighted by molar-refractivity contribution is -0.137. The van der Waals surface area contributed by atoms with Crippen LogP contribution in [0, 0.1) is 11.8 Å². The number of benzene rings is 2. The van der Waals surface area contributed by atoms with Gasteiger partial charge in [-0.15, -0.1) is 0 Å². The monoisotopic (exact) mass is 416 g/mol. The number of hydrogen-bond donors (Lipinski definition) is 0. The molecule has 2 aromatic rings. The van der Waals surface area contributed by atoms with E-state index in [9.17, 15) is 9.59 Å². The van der Waals surface area contributed by atoms with Gasteiger partial charge in [-0.3, -0.25) is 0 Å². The Kier molecular flexibility index (Phi) is 6.97. The summed E-state index contributed by atoms with van der Waals surface area (Å²) in [4.78, 5) is 23.8. The topological polar surface area (TPSA) is 52.6 Å². The quantitative estimate of drug-likeness (QED) is 0.387. The maximum atomic E-state index is 12.0. The van der Waals surface area contributed by atoms with Crippen molar-refractivity contribution in [3.05, 3.63) is 76.4 Å². The third kappa shape index (κ3) is 5.44. The lowest BCUT2D eigenvalue weighted by atomic mass is 9.70. The largest absolute Gasteiger partial charge is 0.463 e. The molecule has 0 saturated heterocycles. The molecule has 0 radical (unpaired) electrons. The van der Waals surface area contributed by atoms with E-state index in [-0.39, 0.29) is 17.4 Å². The van der Waals surface area contributed by atoms with Crippen LogP contribution in [-0.4, -0.2) is 25.2 Å². The van der Waals surface area contributed by atoms with Gasteiger partial charge in [0.25, 0.3) is 0 Å². The molecule has 0 atom stereocenters. The fourth-order valence-electron chi connectivity index (χ4n) is 3.72. The van der Waals surface area contributed by atoms with Crippen LogP contribution >= 0.6 is 0 Å². The molecule has 0 fully saturated rings. The van der Waals surface area contributed by atoms with Gasteiger partial charge in [-0.2, -0.15) is 0 Å². The molecule has 4 nitrogen and oxygen atoms in total. The van der Waals surface area contributed by atoms with Gasteiger partial charge < -0.3 is 9.47 Å². The Labute approximate surface area is 184 Å². The van der Waals surface area contributed by atoms with Crippen molar-refractivity contribution in [1.29, 1.82) is 0 Å². The van der Waals surface area contributed by atoms with Crippen LogP contribution in [0.25, 0.3) is 5.57 Å². The summed E-state index contributed by atoms with van der Waals surface area (Å²) in [6, 6.07) is 13.3. The molecule has 0 amide bonds. The SMILES string of the molecule is CCOC(=O)/C=C1/CCC(C)(C)c2ccc(C#Cc3ccc(C(=O)OCC)cc3)cc21. The van der Waals surface area contributed by atoms with E-state index >= 15 is 0 Å². The molecule has 1 aliphatic carbocycles. The van der Waals surface area contributed by atoms with E-state index in [0.29, 0.717) is 18.8 Å². The number of carbonyl (C=O) groups is 2. The molecular weight excluding hydrogens is 388 g/mol. The zero-order valence-electron chi connectivity index (χ0n) is 18.6. The van der Waals surface area contributed by atoms with E-state index in [4.69, 9.17) is 9.47 Å². The van der Waals surface area contributed by atoms with Gasteiger partial charge in [0.1, 0.15) is 0 Å². The molecule has 31 heavy (non-hydrogen) atoms. The predicted octanol–water partition coefficient (Wildman–Crippen LogP) is 5.28. The van der Waals surface area contributed by atoms with Gasteiger partial charge in [-0.05, 0) is 85.2 Å². The molecule has 160 valence electrons. The van der Waals surface area contributed by atoms with Crippen molar-refractivity contribution < 1.29 is 19.1 Å². The Morgan fingerprint density at radius 1 is 0.968 bits per heavy atom. The first kappa shape index (κ1) is 22.4. The van der Waals surface area contributed by atoms with E-state index < -0.39 is 0 Å². The minimum Gasteiger partial charge on any atom is -0.463 e. The summed E-state index contributed by atoms with van der Waals surface area (Å²) in [5.74, 6) is 5.71. The maximum Gasteiger partial charge on any atom is 0.338 e. The maximum absolute atomic E-state index is 12.0. The number of esters is 2. The van der Waals surface area contributed by atoms with Crippen LogP contribution in [-0.2, 0) is 19.7 Å². The van der Waals surface area contributed by atoms with E-state index in [1.54, 1.807) is 32.1 Å². The number of fused-ring (bicyclic) bond motifs is 1. The lowest BCUT2D eigenvalue weighted by Crippen LogP contribution is -2.23. The molecule has 2 aromatic carbocycles. The Morgan fingerprint density at radius 3 is 2.29 bits per heavy atom. The zero-order valence-corrected chi connectivity index (χ0v) is 18.6. The molecule has 0 bridgehead atoms. The van der Waals surface area contributed by atoms with Gasteiger partial charge in [0.15, 0.2) is 0 Å². The smallest absolute Gasteiger partial charge is 0.338 e.